The Labute approximate surface area is 187 Å². The number of pyridine rings is 1. The first-order valence-corrected chi connectivity index (χ1v) is 10.4. The Kier molecular flexibility index (Phi) is 6.23. The van der Waals surface area contributed by atoms with Gasteiger partial charge >= 0.3 is 6.18 Å². The minimum Gasteiger partial charge on any atom is -0.455 e. The Morgan fingerprint density at radius 1 is 1.27 bits per heavy atom. The predicted molar refractivity (Wildman–Crippen MR) is 117 cm³/mol. The van der Waals surface area contributed by atoms with Crippen LogP contribution in [0.2, 0.25) is 0 Å². The smallest absolute Gasteiger partial charge is 0.417 e. The maximum Gasteiger partial charge on any atom is 0.417 e. The minimum absolute atomic E-state index is 0.0416. The van der Waals surface area contributed by atoms with E-state index in [1.807, 2.05) is 0 Å². The molecule has 0 aliphatic carbocycles. The van der Waals surface area contributed by atoms with Crippen LogP contribution in [0.4, 0.5) is 13.2 Å². The van der Waals surface area contributed by atoms with Gasteiger partial charge in [-0.1, -0.05) is 0 Å². The van der Waals surface area contributed by atoms with E-state index in [4.69, 9.17) is 10.5 Å². The molecular weight excluding hydrogens is 437 g/mol. The van der Waals surface area contributed by atoms with Gasteiger partial charge in [-0.05, 0) is 50.2 Å². The number of benzene rings is 1. The van der Waals surface area contributed by atoms with Crippen LogP contribution in [0.3, 0.4) is 0 Å². The van der Waals surface area contributed by atoms with Crippen molar-refractivity contribution in [3.8, 4) is 11.5 Å². The Balaban J connectivity index is 1.68. The molecule has 3 aromatic rings. The number of hydrogen-bond acceptors (Lipinski definition) is 5. The van der Waals surface area contributed by atoms with Gasteiger partial charge in [0.25, 0.3) is 5.91 Å². The van der Waals surface area contributed by atoms with Crippen LogP contribution in [0.15, 0.2) is 41.5 Å². The number of fused-ring (bicyclic) bond motifs is 1. The molecular formula is C22H23F3N6O2. The summed E-state index contributed by atoms with van der Waals surface area (Å²) in [5.74, 6) is -0.297. The highest BCUT2D eigenvalue weighted by molar-refractivity contribution is 6.07. The fourth-order valence-corrected chi connectivity index (χ4v) is 3.79. The van der Waals surface area contributed by atoms with Crippen LogP contribution in [0, 0.1) is 0 Å². The maximum absolute atomic E-state index is 13.6. The van der Waals surface area contributed by atoms with Gasteiger partial charge in [0.2, 0.25) is 0 Å². The first-order valence-electron chi connectivity index (χ1n) is 10.4. The molecule has 1 saturated heterocycles. The van der Waals surface area contributed by atoms with Gasteiger partial charge in [-0.15, -0.1) is 0 Å². The fraction of sp³-hybridized carbons (Fsp3) is 0.318. The molecule has 8 nitrogen and oxygen atoms in total. The van der Waals surface area contributed by atoms with E-state index in [1.165, 1.54) is 13.1 Å². The molecule has 1 aliphatic heterocycles. The van der Waals surface area contributed by atoms with Crippen molar-refractivity contribution >= 4 is 22.8 Å². The molecule has 0 saturated carbocycles. The molecule has 2 aromatic heterocycles. The molecule has 4 N–H and O–H groups in total. The molecule has 1 amide bonds. The summed E-state index contributed by atoms with van der Waals surface area (Å²) in [6.45, 7) is 2.69. The number of alkyl halides is 3. The normalized spacial score (nSPS) is 15.2. The van der Waals surface area contributed by atoms with E-state index in [-0.39, 0.29) is 28.3 Å². The fourth-order valence-electron chi connectivity index (χ4n) is 3.79. The highest BCUT2D eigenvalue weighted by Gasteiger charge is 2.34. The van der Waals surface area contributed by atoms with E-state index >= 15 is 0 Å². The zero-order valence-electron chi connectivity index (χ0n) is 17.9. The SMILES string of the molecule is CN=C(N)NC(=O)c1cc2c(C(F)(F)F)ccc(Oc3ccnc(CN4CCCC4)c3)c2[nH]1. The van der Waals surface area contributed by atoms with Crippen molar-refractivity contribution in [2.24, 2.45) is 10.7 Å². The first kappa shape index (κ1) is 22.6. The quantitative estimate of drug-likeness (QED) is 0.398. The number of carbonyl (C=O) groups is 1. The average molecular weight is 460 g/mol. The van der Waals surface area contributed by atoms with Crippen molar-refractivity contribution in [1.82, 2.24) is 20.2 Å². The number of ether oxygens (including phenoxy) is 1. The summed E-state index contributed by atoms with van der Waals surface area (Å²) >= 11 is 0. The number of likely N-dealkylation sites (tertiary alicyclic amines) is 1. The van der Waals surface area contributed by atoms with Crippen molar-refractivity contribution in [2.75, 3.05) is 20.1 Å². The molecule has 1 fully saturated rings. The molecule has 33 heavy (non-hydrogen) atoms. The standard InChI is InChI=1S/C22H23F3N6O2/c1-27-21(26)30-20(32)17-11-15-16(22(23,24)25)4-5-18(19(15)29-17)33-14-6-7-28-13(10-14)12-31-8-2-3-9-31/h4-7,10-11,29H,2-3,8-9,12H2,1H3,(H3,26,27,30,32). The van der Waals surface area contributed by atoms with E-state index < -0.39 is 17.6 Å². The molecule has 0 spiro atoms. The third kappa shape index (κ3) is 5.08. The van der Waals surface area contributed by atoms with E-state index in [9.17, 15) is 18.0 Å². The minimum atomic E-state index is -4.61. The number of aliphatic imine (C=N–C) groups is 1. The third-order valence-electron chi connectivity index (χ3n) is 5.39. The van der Waals surface area contributed by atoms with Crippen LogP contribution in [0.25, 0.3) is 10.9 Å². The molecule has 0 unspecified atom stereocenters. The number of nitrogens with zero attached hydrogens (tertiary/aromatic N) is 3. The summed E-state index contributed by atoms with van der Waals surface area (Å²) in [6, 6.07) is 6.67. The highest BCUT2D eigenvalue weighted by Crippen LogP contribution is 2.39. The summed E-state index contributed by atoms with van der Waals surface area (Å²) in [4.78, 5) is 25.4. The van der Waals surface area contributed by atoms with Crippen LogP contribution < -0.4 is 15.8 Å². The van der Waals surface area contributed by atoms with Crippen LogP contribution >= 0.6 is 0 Å². The number of H-pyrrole nitrogens is 1. The molecule has 3 heterocycles. The topological polar surface area (TPSA) is 109 Å². The number of amides is 1. The lowest BCUT2D eigenvalue weighted by molar-refractivity contribution is -0.136. The molecule has 174 valence electrons. The van der Waals surface area contributed by atoms with Gasteiger partial charge in [0.1, 0.15) is 11.4 Å². The summed E-state index contributed by atoms with van der Waals surface area (Å²) in [5, 5.41) is 2.11. The number of guanidine groups is 1. The Morgan fingerprint density at radius 3 is 2.73 bits per heavy atom. The van der Waals surface area contributed by atoms with Gasteiger partial charge in [-0.2, -0.15) is 13.2 Å². The number of aromatic amines is 1. The summed E-state index contributed by atoms with van der Waals surface area (Å²) in [6.07, 6.45) is -0.713. The van der Waals surface area contributed by atoms with Crippen LogP contribution in [0.5, 0.6) is 11.5 Å². The average Bonchev–Trinajstić information content (AvgIpc) is 3.43. The summed E-state index contributed by atoms with van der Waals surface area (Å²) in [7, 11) is 1.38. The van der Waals surface area contributed by atoms with Gasteiger partial charge in [0, 0.05) is 31.2 Å². The van der Waals surface area contributed by atoms with Gasteiger partial charge in [-0.3, -0.25) is 25.0 Å². The van der Waals surface area contributed by atoms with E-state index in [1.54, 1.807) is 18.3 Å². The number of halogens is 3. The Morgan fingerprint density at radius 2 is 2.03 bits per heavy atom. The van der Waals surface area contributed by atoms with Crippen molar-refractivity contribution in [3.05, 3.63) is 53.5 Å². The number of nitrogens with one attached hydrogen (secondary N) is 2. The van der Waals surface area contributed by atoms with Crippen molar-refractivity contribution in [1.29, 1.82) is 0 Å². The van der Waals surface area contributed by atoms with Crippen LogP contribution in [0.1, 0.15) is 34.6 Å². The molecule has 0 bridgehead atoms. The largest absolute Gasteiger partial charge is 0.455 e. The summed E-state index contributed by atoms with van der Waals surface area (Å²) in [5.41, 5.74) is 5.35. The van der Waals surface area contributed by atoms with Crippen LogP contribution in [-0.2, 0) is 12.7 Å². The van der Waals surface area contributed by atoms with Gasteiger partial charge in [0.15, 0.2) is 11.7 Å². The number of carbonyl (C=O) groups excluding carboxylic acids is 1. The van der Waals surface area contributed by atoms with Crippen LogP contribution in [-0.4, -0.2) is 46.9 Å². The first-order chi connectivity index (χ1) is 15.7. The van der Waals surface area contributed by atoms with Gasteiger partial charge in [0.05, 0.1) is 16.8 Å². The third-order valence-corrected chi connectivity index (χ3v) is 5.39. The Bertz CT molecular complexity index is 1200. The van der Waals surface area contributed by atoms with E-state index in [0.29, 0.717) is 12.3 Å². The van der Waals surface area contributed by atoms with Crippen molar-refractivity contribution in [2.45, 2.75) is 25.6 Å². The van der Waals surface area contributed by atoms with Gasteiger partial charge in [-0.25, -0.2) is 0 Å². The van der Waals surface area contributed by atoms with Gasteiger partial charge < -0.3 is 15.5 Å². The monoisotopic (exact) mass is 460 g/mol. The lowest BCUT2D eigenvalue weighted by atomic mass is 10.1. The highest BCUT2D eigenvalue weighted by atomic mass is 19.4. The lowest BCUT2D eigenvalue weighted by Crippen LogP contribution is -2.36. The predicted octanol–water partition coefficient (Wildman–Crippen LogP) is 3.64. The molecule has 0 atom stereocenters. The van der Waals surface area contributed by atoms with E-state index in [2.05, 4.69) is 25.2 Å². The molecule has 0 radical (unpaired) electrons. The number of nitrogens with two attached hydrogens (primary N) is 1. The molecule has 4 rings (SSSR count). The number of rotatable bonds is 5. The second kappa shape index (κ2) is 9.10. The number of aromatic nitrogens is 2. The maximum atomic E-state index is 13.6. The van der Waals surface area contributed by atoms with Crippen molar-refractivity contribution < 1.29 is 22.7 Å². The summed E-state index contributed by atoms with van der Waals surface area (Å²) < 4.78 is 46.7. The second-order valence-electron chi connectivity index (χ2n) is 7.71. The van der Waals surface area contributed by atoms with E-state index in [0.717, 1.165) is 43.8 Å². The molecule has 11 heteroatoms. The Hall–Kier alpha value is -3.60. The molecule has 1 aliphatic rings. The lowest BCUT2D eigenvalue weighted by Gasteiger charge is -2.15. The zero-order valence-corrected chi connectivity index (χ0v) is 17.9. The van der Waals surface area contributed by atoms with Crippen molar-refractivity contribution in [3.63, 3.8) is 0 Å². The zero-order chi connectivity index (χ0) is 23.6. The second-order valence-corrected chi connectivity index (χ2v) is 7.71. The number of hydrogen-bond donors (Lipinski definition) is 3. The molecule has 1 aromatic carbocycles.